The molecule has 7 nitrogen and oxygen atoms in total. The minimum Gasteiger partial charge on any atom is -0.481 e. The summed E-state index contributed by atoms with van der Waals surface area (Å²) in [6, 6.07) is 0. The Hall–Kier alpha value is -0.990. The van der Waals surface area contributed by atoms with Crippen LogP contribution in [0.4, 0.5) is 0 Å². The fraction of sp³-hybridized carbons (Fsp3) is 0.900. The topological polar surface area (TPSA) is 138 Å². The van der Waals surface area contributed by atoms with Gasteiger partial charge in [0.25, 0.3) is 0 Å². The van der Waals surface area contributed by atoms with E-state index in [4.69, 9.17) is 0 Å². The molecule has 0 radical (unpaired) electrons. The third-order valence-corrected chi connectivity index (χ3v) is 13.7. The number of aliphatic hydroxyl groups excluding tert-OH is 4. The van der Waals surface area contributed by atoms with Crippen LogP contribution in [0, 0.1) is 50.7 Å². The summed E-state index contributed by atoms with van der Waals surface area (Å²) < 4.78 is 0. The Morgan fingerprint density at radius 3 is 2.24 bits per heavy atom. The van der Waals surface area contributed by atoms with E-state index in [1.807, 2.05) is 6.92 Å². The fourth-order valence-electron chi connectivity index (χ4n) is 11.0. The van der Waals surface area contributed by atoms with Crippen molar-refractivity contribution in [2.24, 2.45) is 50.7 Å². The van der Waals surface area contributed by atoms with E-state index >= 15 is 0 Å². The molecule has 37 heavy (non-hydrogen) atoms. The lowest BCUT2D eigenvalue weighted by molar-refractivity contribution is -0.352. The Morgan fingerprint density at radius 2 is 1.65 bits per heavy atom. The maximum absolute atomic E-state index is 12.8. The number of carbonyl (C=O) groups is 1. The van der Waals surface area contributed by atoms with Crippen molar-refractivity contribution in [3.8, 4) is 0 Å². The van der Waals surface area contributed by atoms with Crippen LogP contribution in [0.15, 0.2) is 11.6 Å². The Balaban J connectivity index is 1.69. The quantitative estimate of drug-likeness (QED) is 0.308. The van der Waals surface area contributed by atoms with Gasteiger partial charge in [0.1, 0.15) is 5.60 Å². The molecule has 13 atom stereocenters. The van der Waals surface area contributed by atoms with Gasteiger partial charge in [0.2, 0.25) is 0 Å². The van der Waals surface area contributed by atoms with Crippen molar-refractivity contribution >= 4 is 5.97 Å². The summed E-state index contributed by atoms with van der Waals surface area (Å²) in [5.41, 5.74) is -4.68. The SMILES string of the molecule is C[C@H]1[C@H](C)CC[C@]2(C(=O)O)CC[C@]3(C)C(=CCC4[C@@]5(C)C[C@@H](O)[C@H](O)[C@@](C)(CO)[C@]5(O)[C@H](O)C[C@]43C)[C@H]12. The second kappa shape index (κ2) is 8.03. The van der Waals surface area contributed by atoms with Gasteiger partial charge in [-0.25, -0.2) is 0 Å². The van der Waals surface area contributed by atoms with Crippen molar-refractivity contribution in [2.45, 2.75) is 110 Å². The molecule has 0 aromatic rings. The van der Waals surface area contributed by atoms with E-state index in [-0.39, 0.29) is 36.0 Å². The van der Waals surface area contributed by atoms with Gasteiger partial charge >= 0.3 is 5.97 Å². The smallest absolute Gasteiger partial charge is 0.310 e. The van der Waals surface area contributed by atoms with Crippen LogP contribution in [0.3, 0.4) is 0 Å². The standard InChI is InChI=1S/C30H48O7/c1-16-9-10-29(24(35)36)12-11-25(3)18(22(29)17(16)2)7-8-20-26(25,4)14-21(33)30(37)27(20,5)13-19(32)23(34)28(30,6)15-31/h7,16-17,19-23,31-34,37H,8-15H2,1-6H3,(H,35,36)/t16-,17+,19-,20?,21-,22+,23+,25-,26-,27-,28-,29+,30+/m1/s1. The molecule has 0 aliphatic heterocycles. The number of fused-ring (bicyclic) bond motifs is 7. The van der Waals surface area contributed by atoms with Gasteiger partial charge in [-0.15, -0.1) is 0 Å². The van der Waals surface area contributed by atoms with E-state index in [1.54, 1.807) is 6.92 Å². The summed E-state index contributed by atoms with van der Waals surface area (Å²) >= 11 is 0. The minimum atomic E-state index is -1.80. The number of carboxylic acids is 1. The molecular formula is C30H48O7. The normalized spacial score (nSPS) is 59.3. The molecule has 6 N–H and O–H groups in total. The molecule has 7 heteroatoms. The van der Waals surface area contributed by atoms with Gasteiger partial charge in [0, 0.05) is 5.41 Å². The molecule has 5 aliphatic rings. The van der Waals surface area contributed by atoms with Crippen LogP contribution in [0.5, 0.6) is 0 Å². The molecule has 5 aliphatic carbocycles. The zero-order valence-corrected chi connectivity index (χ0v) is 23.4. The predicted molar refractivity (Wildman–Crippen MR) is 138 cm³/mol. The average molecular weight is 521 g/mol. The molecule has 0 aromatic carbocycles. The summed E-state index contributed by atoms with van der Waals surface area (Å²) in [5.74, 6) is -0.256. The zero-order chi connectivity index (χ0) is 27.6. The number of allylic oxidation sites excluding steroid dienone is 2. The monoisotopic (exact) mass is 520 g/mol. The van der Waals surface area contributed by atoms with Crippen LogP contribution in [0.1, 0.15) is 86.5 Å². The molecule has 1 unspecified atom stereocenters. The summed E-state index contributed by atoms with van der Waals surface area (Å²) in [6.07, 6.45) is 2.41. The van der Waals surface area contributed by atoms with E-state index in [0.29, 0.717) is 31.6 Å². The summed E-state index contributed by atoms with van der Waals surface area (Å²) in [6.45, 7) is 11.8. The number of hydrogen-bond acceptors (Lipinski definition) is 6. The van der Waals surface area contributed by atoms with Gasteiger partial charge in [0.15, 0.2) is 0 Å². The second-order valence-electron chi connectivity index (χ2n) is 14.7. The van der Waals surface area contributed by atoms with Gasteiger partial charge in [-0.05, 0) is 79.4 Å². The summed E-state index contributed by atoms with van der Waals surface area (Å²) in [5, 5.41) is 67.1. The highest BCUT2D eigenvalue weighted by Crippen LogP contribution is 2.76. The van der Waals surface area contributed by atoms with Gasteiger partial charge in [-0.1, -0.05) is 53.2 Å². The van der Waals surface area contributed by atoms with Gasteiger partial charge < -0.3 is 30.6 Å². The van der Waals surface area contributed by atoms with Crippen LogP contribution < -0.4 is 0 Å². The zero-order valence-electron chi connectivity index (χ0n) is 23.4. The van der Waals surface area contributed by atoms with E-state index in [1.165, 1.54) is 5.57 Å². The molecule has 0 bridgehead atoms. The first-order valence-corrected chi connectivity index (χ1v) is 14.3. The molecule has 0 aromatic heterocycles. The largest absolute Gasteiger partial charge is 0.481 e. The number of aliphatic carboxylic acids is 1. The van der Waals surface area contributed by atoms with Crippen LogP contribution >= 0.6 is 0 Å². The van der Waals surface area contributed by atoms with Crippen LogP contribution in [0.2, 0.25) is 0 Å². The van der Waals surface area contributed by atoms with Crippen molar-refractivity contribution in [3.05, 3.63) is 11.6 Å². The van der Waals surface area contributed by atoms with Crippen molar-refractivity contribution in [1.29, 1.82) is 0 Å². The maximum Gasteiger partial charge on any atom is 0.310 e. The highest BCUT2D eigenvalue weighted by molar-refractivity contribution is 5.76. The van der Waals surface area contributed by atoms with Gasteiger partial charge in [-0.3, -0.25) is 4.79 Å². The molecular weight excluding hydrogens is 472 g/mol. The second-order valence-corrected chi connectivity index (χ2v) is 14.7. The molecule has 210 valence electrons. The number of rotatable bonds is 2. The molecule has 4 saturated carbocycles. The van der Waals surface area contributed by atoms with Crippen molar-refractivity contribution in [2.75, 3.05) is 6.61 Å². The van der Waals surface area contributed by atoms with E-state index in [0.717, 1.165) is 6.42 Å². The molecule has 5 rings (SSSR count). The number of carboxylic acid groups (broad SMARTS) is 1. The van der Waals surface area contributed by atoms with Gasteiger partial charge in [0.05, 0.1) is 35.7 Å². The first-order chi connectivity index (χ1) is 17.0. The lowest BCUT2D eigenvalue weighted by Crippen LogP contribution is -2.80. The van der Waals surface area contributed by atoms with Crippen LogP contribution in [-0.4, -0.2) is 67.1 Å². The molecule has 0 spiro atoms. The third kappa shape index (κ3) is 2.88. The maximum atomic E-state index is 12.8. The minimum absolute atomic E-state index is 0.0717. The predicted octanol–water partition coefficient (Wildman–Crippen LogP) is 3.12. The highest BCUT2D eigenvalue weighted by Gasteiger charge is 2.78. The van der Waals surface area contributed by atoms with Crippen LogP contribution in [-0.2, 0) is 4.79 Å². The first kappa shape index (κ1) is 27.6. The first-order valence-electron chi connectivity index (χ1n) is 14.3. The molecule has 4 fully saturated rings. The Morgan fingerprint density at radius 1 is 1.00 bits per heavy atom. The number of aliphatic hydroxyl groups is 5. The number of hydrogen-bond donors (Lipinski definition) is 6. The van der Waals surface area contributed by atoms with Crippen molar-refractivity contribution < 1.29 is 35.4 Å². The molecule has 0 saturated heterocycles. The van der Waals surface area contributed by atoms with E-state index < -0.39 is 58.1 Å². The van der Waals surface area contributed by atoms with Gasteiger partial charge in [-0.2, -0.15) is 0 Å². The summed E-state index contributed by atoms with van der Waals surface area (Å²) in [4.78, 5) is 12.8. The summed E-state index contributed by atoms with van der Waals surface area (Å²) in [7, 11) is 0. The van der Waals surface area contributed by atoms with E-state index in [2.05, 4.69) is 33.8 Å². The lowest BCUT2D eigenvalue weighted by atomic mass is 9.31. The Labute approximate surface area is 221 Å². The lowest BCUT2D eigenvalue weighted by Gasteiger charge is -2.74. The van der Waals surface area contributed by atoms with Crippen molar-refractivity contribution in [1.82, 2.24) is 0 Å². The third-order valence-electron chi connectivity index (χ3n) is 13.7. The Bertz CT molecular complexity index is 1010. The Kier molecular flexibility index (Phi) is 5.98. The fourth-order valence-corrected chi connectivity index (χ4v) is 11.0. The van der Waals surface area contributed by atoms with E-state index in [9.17, 15) is 35.4 Å². The average Bonchev–Trinajstić information content (AvgIpc) is 2.83. The highest BCUT2D eigenvalue weighted by atomic mass is 16.4. The van der Waals surface area contributed by atoms with Crippen molar-refractivity contribution in [3.63, 3.8) is 0 Å². The van der Waals surface area contributed by atoms with Crippen LogP contribution in [0.25, 0.3) is 0 Å². The molecule has 0 heterocycles. The molecule has 0 amide bonds.